The molecule has 0 aliphatic rings. The Balaban J connectivity index is 2.57. The van der Waals surface area contributed by atoms with Gasteiger partial charge in [-0.25, -0.2) is 0 Å². The number of hydrogen-bond donors (Lipinski definition) is 1. The van der Waals surface area contributed by atoms with Gasteiger partial charge in [0.05, 0.1) is 18.3 Å². The molecule has 1 aromatic rings. The highest BCUT2D eigenvalue weighted by Gasteiger charge is 2.08. The Morgan fingerprint density at radius 1 is 1.40 bits per heavy atom. The van der Waals surface area contributed by atoms with Crippen molar-refractivity contribution < 1.29 is 9.13 Å². The van der Waals surface area contributed by atoms with Crippen molar-refractivity contribution in [1.82, 2.24) is 0 Å². The van der Waals surface area contributed by atoms with Crippen molar-refractivity contribution in [3.05, 3.63) is 28.2 Å². The molecule has 0 aromatic heterocycles. The summed E-state index contributed by atoms with van der Waals surface area (Å²) in [5, 5.41) is 0.949. The Kier molecular flexibility index (Phi) is 5.15. The van der Waals surface area contributed by atoms with Crippen LogP contribution in [-0.2, 0) is 0 Å². The number of nitrogens with two attached hydrogens (primary N) is 1. The summed E-state index contributed by atoms with van der Waals surface area (Å²) in [5.74, 6) is 0.199. The van der Waals surface area contributed by atoms with Crippen molar-refractivity contribution in [2.24, 2.45) is 11.7 Å². The second-order valence-electron chi connectivity index (χ2n) is 3.14. The molecule has 0 saturated heterocycles. The van der Waals surface area contributed by atoms with Gasteiger partial charge in [0.2, 0.25) is 0 Å². The first-order valence-corrected chi connectivity index (χ1v) is 5.26. The lowest BCUT2D eigenvalue weighted by Crippen LogP contribution is -2.23. The third-order valence-corrected chi connectivity index (χ3v) is 2.45. The van der Waals surface area contributed by atoms with Crippen molar-refractivity contribution in [3.63, 3.8) is 0 Å². The lowest BCUT2D eigenvalue weighted by Gasteiger charge is -2.13. The van der Waals surface area contributed by atoms with Crippen LogP contribution in [0.25, 0.3) is 0 Å². The van der Waals surface area contributed by atoms with Crippen LogP contribution in [0.3, 0.4) is 0 Å². The molecule has 2 N–H and O–H groups in total. The standard InChI is InChI=1S/C10H12Cl2FNO/c11-8-1-2-10(9(12)3-8)15-6-7(4-13)5-14/h1-3,7H,4-6,14H2. The maximum Gasteiger partial charge on any atom is 0.138 e. The van der Waals surface area contributed by atoms with Crippen LogP contribution < -0.4 is 10.5 Å². The van der Waals surface area contributed by atoms with Gasteiger partial charge in [-0.15, -0.1) is 0 Å². The molecule has 0 aliphatic carbocycles. The fourth-order valence-corrected chi connectivity index (χ4v) is 1.44. The molecule has 1 atom stereocenters. The molecule has 0 heterocycles. The predicted octanol–water partition coefficient (Wildman–Crippen LogP) is 2.92. The summed E-state index contributed by atoms with van der Waals surface area (Å²) in [7, 11) is 0. The Labute approximate surface area is 98.1 Å². The first-order chi connectivity index (χ1) is 7.17. The van der Waals surface area contributed by atoms with E-state index in [0.717, 1.165) is 0 Å². The summed E-state index contributed by atoms with van der Waals surface area (Å²) in [5.41, 5.74) is 5.34. The summed E-state index contributed by atoms with van der Waals surface area (Å²) in [6.45, 7) is -0.0300. The van der Waals surface area contributed by atoms with Gasteiger partial charge in [-0.2, -0.15) is 0 Å². The van der Waals surface area contributed by atoms with Crippen LogP contribution in [0.5, 0.6) is 5.75 Å². The lowest BCUT2D eigenvalue weighted by molar-refractivity contribution is 0.221. The number of rotatable bonds is 5. The first kappa shape index (κ1) is 12.6. The van der Waals surface area contributed by atoms with Gasteiger partial charge < -0.3 is 10.5 Å². The van der Waals surface area contributed by atoms with Gasteiger partial charge in [-0.1, -0.05) is 23.2 Å². The van der Waals surface area contributed by atoms with E-state index in [1.807, 2.05) is 0 Å². The lowest BCUT2D eigenvalue weighted by atomic mass is 10.2. The second-order valence-corrected chi connectivity index (χ2v) is 3.99. The molecule has 5 heteroatoms. The molecule has 0 spiro atoms. The summed E-state index contributed by atoms with van der Waals surface area (Å²) in [6, 6.07) is 4.89. The molecule has 0 radical (unpaired) electrons. The van der Waals surface area contributed by atoms with Gasteiger partial charge in [0.15, 0.2) is 0 Å². The topological polar surface area (TPSA) is 35.2 Å². The third-order valence-electron chi connectivity index (χ3n) is 1.92. The van der Waals surface area contributed by atoms with Crippen LogP contribution in [0.15, 0.2) is 18.2 Å². The van der Waals surface area contributed by atoms with E-state index in [1.54, 1.807) is 18.2 Å². The third kappa shape index (κ3) is 3.86. The van der Waals surface area contributed by atoms with Crippen molar-refractivity contribution in [1.29, 1.82) is 0 Å². The van der Waals surface area contributed by atoms with Crippen LogP contribution in [0.4, 0.5) is 4.39 Å². The largest absolute Gasteiger partial charge is 0.492 e. The summed E-state index contributed by atoms with van der Waals surface area (Å²) in [4.78, 5) is 0. The number of alkyl halides is 1. The molecule has 1 unspecified atom stereocenters. The minimum Gasteiger partial charge on any atom is -0.492 e. The van der Waals surface area contributed by atoms with Gasteiger partial charge in [0.1, 0.15) is 5.75 Å². The fourth-order valence-electron chi connectivity index (χ4n) is 0.975. The molecular weight excluding hydrogens is 240 g/mol. The maximum absolute atomic E-state index is 12.3. The molecule has 1 aromatic carbocycles. The van der Waals surface area contributed by atoms with Crippen LogP contribution in [0, 0.1) is 5.92 Å². The van der Waals surface area contributed by atoms with E-state index >= 15 is 0 Å². The van der Waals surface area contributed by atoms with Crippen molar-refractivity contribution in [2.75, 3.05) is 19.8 Å². The molecule has 84 valence electrons. The van der Waals surface area contributed by atoms with E-state index in [4.69, 9.17) is 33.7 Å². The Morgan fingerprint density at radius 3 is 2.67 bits per heavy atom. The zero-order chi connectivity index (χ0) is 11.3. The van der Waals surface area contributed by atoms with E-state index in [1.165, 1.54) is 0 Å². The molecule has 1 rings (SSSR count). The number of benzene rings is 1. The van der Waals surface area contributed by atoms with Crippen LogP contribution >= 0.6 is 23.2 Å². The molecule has 0 saturated carbocycles. The molecule has 2 nitrogen and oxygen atoms in total. The molecule has 0 fully saturated rings. The number of hydrogen-bond acceptors (Lipinski definition) is 2. The minimum atomic E-state index is -0.498. The molecule has 15 heavy (non-hydrogen) atoms. The van der Waals surface area contributed by atoms with Crippen molar-refractivity contribution in [3.8, 4) is 5.75 Å². The normalized spacial score (nSPS) is 12.5. The average Bonchev–Trinajstić information content (AvgIpc) is 2.22. The van der Waals surface area contributed by atoms with Gasteiger partial charge >= 0.3 is 0 Å². The minimum absolute atomic E-state index is 0.217. The smallest absolute Gasteiger partial charge is 0.138 e. The highest BCUT2D eigenvalue weighted by Crippen LogP contribution is 2.27. The van der Waals surface area contributed by atoms with Crippen LogP contribution in [0.2, 0.25) is 10.0 Å². The van der Waals surface area contributed by atoms with Gasteiger partial charge in [0.25, 0.3) is 0 Å². The highest BCUT2D eigenvalue weighted by molar-refractivity contribution is 6.35. The van der Waals surface area contributed by atoms with Gasteiger partial charge in [-0.3, -0.25) is 4.39 Å². The van der Waals surface area contributed by atoms with Crippen LogP contribution in [0.1, 0.15) is 0 Å². The van der Waals surface area contributed by atoms with Gasteiger partial charge in [0, 0.05) is 17.5 Å². The molecule has 0 aliphatic heterocycles. The van der Waals surface area contributed by atoms with E-state index in [9.17, 15) is 4.39 Å². The quantitative estimate of drug-likeness (QED) is 0.874. The Bertz CT molecular complexity index is 318. The van der Waals surface area contributed by atoms with Crippen molar-refractivity contribution >= 4 is 23.2 Å². The highest BCUT2D eigenvalue weighted by atomic mass is 35.5. The number of ether oxygens (including phenoxy) is 1. The fraction of sp³-hybridized carbons (Fsp3) is 0.400. The monoisotopic (exact) mass is 251 g/mol. The summed E-state index contributed by atoms with van der Waals surface area (Å²) in [6.07, 6.45) is 0. The van der Waals surface area contributed by atoms with E-state index in [0.29, 0.717) is 15.8 Å². The molecule has 0 amide bonds. The Morgan fingerprint density at radius 2 is 2.13 bits per heavy atom. The summed E-state index contributed by atoms with van der Waals surface area (Å²) < 4.78 is 17.6. The Hall–Kier alpha value is -0.510. The summed E-state index contributed by atoms with van der Waals surface area (Å²) >= 11 is 11.6. The molecular formula is C10H12Cl2FNO. The predicted molar refractivity (Wildman–Crippen MR) is 60.5 cm³/mol. The van der Waals surface area contributed by atoms with Crippen molar-refractivity contribution in [2.45, 2.75) is 0 Å². The van der Waals surface area contributed by atoms with E-state index < -0.39 is 6.67 Å². The first-order valence-electron chi connectivity index (χ1n) is 4.51. The SMILES string of the molecule is NCC(CF)COc1ccc(Cl)cc1Cl. The van der Waals surface area contributed by atoms with E-state index in [2.05, 4.69) is 0 Å². The zero-order valence-corrected chi connectivity index (χ0v) is 9.56. The molecule has 0 bridgehead atoms. The maximum atomic E-state index is 12.3. The van der Waals surface area contributed by atoms with Crippen LogP contribution in [-0.4, -0.2) is 19.8 Å². The average molecular weight is 252 g/mol. The second kappa shape index (κ2) is 6.16. The van der Waals surface area contributed by atoms with E-state index in [-0.39, 0.29) is 19.1 Å². The zero-order valence-electron chi connectivity index (χ0n) is 8.05. The number of halogens is 3. The van der Waals surface area contributed by atoms with Gasteiger partial charge in [-0.05, 0) is 18.2 Å².